The van der Waals surface area contributed by atoms with Crippen molar-refractivity contribution in [3.63, 3.8) is 0 Å². The van der Waals surface area contributed by atoms with Crippen LogP contribution in [0, 0.1) is 23.5 Å². The topological polar surface area (TPSA) is 100 Å². The van der Waals surface area contributed by atoms with Crippen LogP contribution in [0.5, 0.6) is 0 Å². The number of amides is 1. The van der Waals surface area contributed by atoms with Crippen LogP contribution in [0.25, 0.3) is 22.0 Å². The number of aromatic nitrogens is 3. The Labute approximate surface area is 212 Å². The lowest BCUT2D eigenvalue weighted by Gasteiger charge is -2.22. The number of benzene rings is 2. The summed E-state index contributed by atoms with van der Waals surface area (Å²) in [6, 6.07) is 11.1. The van der Waals surface area contributed by atoms with E-state index in [0.29, 0.717) is 39.0 Å². The Morgan fingerprint density at radius 3 is 2.51 bits per heavy atom. The second kappa shape index (κ2) is 9.99. The lowest BCUT2D eigenvalue weighted by atomic mass is 9.94. The molecule has 4 aromatic rings. The van der Waals surface area contributed by atoms with Crippen LogP contribution in [0.4, 0.5) is 8.78 Å². The number of aromatic amines is 1. The van der Waals surface area contributed by atoms with Gasteiger partial charge in [-0.3, -0.25) is 19.4 Å². The number of para-hydroxylation sites is 1. The van der Waals surface area contributed by atoms with E-state index in [1.807, 2.05) is 6.07 Å². The summed E-state index contributed by atoms with van der Waals surface area (Å²) in [4.78, 5) is 29.3. The fraction of sp³-hybridized carbons (Fsp3) is 0.250. The number of hydrogen-bond donors (Lipinski definition) is 3. The smallest absolute Gasteiger partial charge is 0.271 e. The van der Waals surface area contributed by atoms with Gasteiger partial charge in [0.1, 0.15) is 22.9 Å². The van der Waals surface area contributed by atoms with E-state index in [0.717, 1.165) is 6.07 Å². The quantitative estimate of drug-likeness (QED) is 0.361. The average Bonchev–Trinajstić information content (AvgIpc) is 3.09. The Morgan fingerprint density at radius 1 is 1.16 bits per heavy atom. The van der Waals surface area contributed by atoms with Crippen molar-refractivity contribution in [2.24, 2.45) is 7.05 Å². The molecular formula is C28H26F2N4O3. The summed E-state index contributed by atoms with van der Waals surface area (Å²) in [7, 11) is 1.71. The number of rotatable bonds is 5. The van der Waals surface area contributed by atoms with Gasteiger partial charge in [0.2, 0.25) is 5.91 Å². The summed E-state index contributed by atoms with van der Waals surface area (Å²) in [5.41, 5.74) is 1.43. The van der Waals surface area contributed by atoms with Gasteiger partial charge in [-0.05, 0) is 62.1 Å². The van der Waals surface area contributed by atoms with Crippen LogP contribution in [-0.4, -0.2) is 31.4 Å². The van der Waals surface area contributed by atoms with Crippen molar-refractivity contribution in [3.8, 4) is 23.0 Å². The van der Waals surface area contributed by atoms with Gasteiger partial charge in [-0.25, -0.2) is 13.8 Å². The predicted molar refractivity (Wildman–Crippen MR) is 137 cm³/mol. The number of fused-ring (bicyclic) bond motifs is 1. The molecule has 7 nitrogen and oxygen atoms in total. The molecule has 0 saturated carbocycles. The summed E-state index contributed by atoms with van der Waals surface area (Å²) in [6.07, 6.45) is 0.0404. The second-order valence-corrected chi connectivity index (χ2v) is 9.37. The summed E-state index contributed by atoms with van der Waals surface area (Å²) in [6.45, 7) is 4.43. The Morgan fingerprint density at radius 2 is 1.86 bits per heavy atom. The van der Waals surface area contributed by atoms with Crippen LogP contribution in [-0.2, 0) is 18.3 Å². The second-order valence-electron chi connectivity index (χ2n) is 9.37. The molecular weight excluding hydrogens is 478 g/mol. The summed E-state index contributed by atoms with van der Waals surface area (Å²) in [5, 5.41) is 16.1. The van der Waals surface area contributed by atoms with Crippen molar-refractivity contribution in [1.29, 1.82) is 0 Å². The van der Waals surface area contributed by atoms with E-state index in [9.17, 15) is 23.5 Å². The molecule has 4 rings (SSSR count). The maximum Gasteiger partial charge on any atom is 0.271 e. The Bertz CT molecular complexity index is 1600. The first kappa shape index (κ1) is 25.8. The molecule has 190 valence electrons. The molecule has 0 bridgehead atoms. The molecule has 2 aromatic heterocycles. The third kappa shape index (κ3) is 5.93. The van der Waals surface area contributed by atoms with Gasteiger partial charge >= 0.3 is 0 Å². The molecule has 1 atom stereocenters. The SMILES string of the molecule is CC(=O)N[C@@H](Cc1cc(F)cc(F)c1)c1nc(C#CC(C)(C)O)ccc1-c1cccc2c(=O)[nH]n(C)c12. The van der Waals surface area contributed by atoms with Gasteiger partial charge in [0, 0.05) is 31.2 Å². The molecule has 9 heteroatoms. The Kier molecular flexibility index (Phi) is 6.96. The number of halogens is 2. The zero-order chi connectivity index (χ0) is 26.9. The molecule has 0 aliphatic rings. The Hall–Kier alpha value is -4.29. The maximum absolute atomic E-state index is 14.0. The zero-order valence-electron chi connectivity index (χ0n) is 20.8. The maximum atomic E-state index is 14.0. The predicted octanol–water partition coefficient (Wildman–Crippen LogP) is 3.75. The third-order valence-electron chi connectivity index (χ3n) is 5.67. The number of aliphatic hydroxyl groups is 1. The van der Waals surface area contributed by atoms with Crippen molar-refractivity contribution in [3.05, 3.63) is 87.5 Å². The number of hydrogen-bond acceptors (Lipinski definition) is 4. The molecule has 0 saturated heterocycles. The van der Waals surface area contributed by atoms with Crippen LogP contribution < -0.4 is 10.9 Å². The van der Waals surface area contributed by atoms with Crippen LogP contribution in [0.1, 0.15) is 43.8 Å². The van der Waals surface area contributed by atoms with E-state index < -0.39 is 23.3 Å². The third-order valence-corrected chi connectivity index (χ3v) is 5.67. The molecule has 0 unspecified atom stereocenters. The molecule has 2 aromatic carbocycles. The summed E-state index contributed by atoms with van der Waals surface area (Å²) < 4.78 is 29.5. The van der Waals surface area contributed by atoms with Gasteiger partial charge in [-0.1, -0.05) is 18.1 Å². The highest BCUT2D eigenvalue weighted by atomic mass is 19.1. The Balaban J connectivity index is 1.96. The molecule has 2 heterocycles. The fourth-order valence-corrected chi connectivity index (χ4v) is 4.25. The molecule has 0 spiro atoms. The number of nitrogens with zero attached hydrogens (tertiary/aromatic N) is 2. The standard InChI is InChI=1S/C28H26F2N4O3/c1-16(35)31-24(14-17-12-18(29)15-19(30)13-17)25-21(9-8-20(32-25)10-11-28(2,3)37)22-6-5-7-23-26(22)34(4)33-27(23)36/h5-9,12-13,15,24,37H,14H2,1-4H3,(H,31,35)(H,33,36)/t24-/m0/s1. The van der Waals surface area contributed by atoms with Crippen LogP contribution >= 0.6 is 0 Å². The first-order chi connectivity index (χ1) is 17.4. The normalized spacial score (nSPS) is 12.2. The lowest BCUT2D eigenvalue weighted by Crippen LogP contribution is -2.29. The largest absolute Gasteiger partial charge is 0.378 e. The van der Waals surface area contributed by atoms with Gasteiger partial charge in [0.05, 0.1) is 22.6 Å². The summed E-state index contributed by atoms with van der Waals surface area (Å²) in [5.74, 6) is 3.72. The molecule has 0 radical (unpaired) electrons. The van der Waals surface area contributed by atoms with Crippen LogP contribution in [0.15, 0.2) is 53.3 Å². The number of aryl methyl sites for hydroxylation is 1. The van der Waals surface area contributed by atoms with E-state index in [-0.39, 0.29) is 17.9 Å². The van der Waals surface area contributed by atoms with Crippen molar-refractivity contribution >= 4 is 16.8 Å². The van der Waals surface area contributed by atoms with E-state index in [1.165, 1.54) is 19.1 Å². The number of pyridine rings is 1. The highest BCUT2D eigenvalue weighted by molar-refractivity contribution is 5.94. The monoisotopic (exact) mass is 504 g/mol. The molecule has 0 aliphatic heterocycles. The number of nitrogens with one attached hydrogen (secondary N) is 2. The van der Waals surface area contributed by atoms with E-state index in [2.05, 4.69) is 22.3 Å². The van der Waals surface area contributed by atoms with Gasteiger partial charge in [-0.15, -0.1) is 0 Å². The minimum Gasteiger partial charge on any atom is -0.378 e. The van der Waals surface area contributed by atoms with E-state index in [1.54, 1.807) is 49.8 Å². The van der Waals surface area contributed by atoms with E-state index in [4.69, 9.17) is 4.98 Å². The highest BCUT2D eigenvalue weighted by Crippen LogP contribution is 2.33. The molecule has 3 N–H and O–H groups in total. The number of carbonyl (C=O) groups excluding carboxylic acids is 1. The van der Waals surface area contributed by atoms with Crippen molar-refractivity contribution < 1.29 is 18.7 Å². The van der Waals surface area contributed by atoms with Crippen molar-refractivity contribution in [2.75, 3.05) is 0 Å². The van der Waals surface area contributed by atoms with Gasteiger partial charge in [0.25, 0.3) is 5.56 Å². The average molecular weight is 505 g/mol. The van der Waals surface area contributed by atoms with E-state index >= 15 is 0 Å². The molecule has 1 amide bonds. The van der Waals surface area contributed by atoms with Crippen LogP contribution in [0.2, 0.25) is 0 Å². The van der Waals surface area contributed by atoms with Crippen molar-refractivity contribution in [2.45, 2.75) is 38.8 Å². The minimum absolute atomic E-state index is 0.0404. The molecule has 37 heavy (non-hydrogen) atoms. The minimum atomic E-state index is -1.26. The highest BCUT2D eigenvalue weighted by Gasteiger charge is 2.23. The van der Waals surface area contributed by atoms with Gasteiger partial charge in [0.15, 0.2) is 0 Å². The first-order valence-electron chi connectivity index (χ1n) is 11.6. The van der Waals surface area contributed by atoms with Gasteiger partial charge < -0.3 is 10.4 Å². The van der Waals surface area contributed by atoms with Crippen LogP contribution in [0.3, 0.4) is 0 Å². The molecule has 0 fully saturated rings. The van der Waals surface area contributed by atoms with Gasteiger partial charge in [-0.2, -0.15) is 0 Å². The summed E-state index contributed by atoms with van der Waals surface area (Å²) >= 11 is 0. The lowest BCUT2D eigenvalue weighted by molar-refractivity contribution is -0.119. The number of H-pyrrole nitrogens is 1. The number of carbonyl (C=O) groups is 1. The molecule has 0 aliphatic carbocycles. The van der Waals surface area contributed by atoms with Crippen molar-refractivity contribution in [1.82, 2.24) is 20.1 Å². The zero-order valence-corrected chi connectivity index (χ0v) is 20.8. The first-order valence-corrected chi connectivity index (χ1v) is 11.6. The fourth-order valence-electron chi connectivity index (χ4n) is 4.25.